The van der Waals surface area contributed by atoms with Crippen molar-refractivity contribution < 1.29 is 9.50 Å². The number of aliphatic hydroxyl groups is 1. The van der Waals surface area contributed by atoms with Crippen LogP contribution in [-0.4, -0.2) is 20.6 Å². The maximum atomic E-state index is 13.1. The molecule has 0 spiro atoms. The minimum absolute atomic E-state index is 0.364. The SMILES string of the molecule is OC1(c2cncc(F)c2)CC2CCC(C1)S2. The number of pyridine rings is 1. The summed E-state index contributed by atoms with van der Waals surface area (Å²) >= 11 is 1.98. The highest BCUT2D eigenvalue weighted by molar-refractivity contribution is 8.00. The van der Waals surface area contributed by atoms with E-state index in [0.29, 0.717) is 16.1 Å². The second kappa shape index (κ2) is 3.70. The lowest BCUT2D eigenvalue weighted by molar-refractivity contribution is 0.0190. The zero-order valence-electron chi connectivity index (χ0n) is 8.90. The van der Waals surface area contributed by atoms with Crippen molar-refractivity contribution in [1.29, 1.82) is 0 Å². The molecule has 0 aromatic carbocycles. The Bertz CT molecular complexity index is 400. The summed E-state index contributed by atoms with van der Waals surface area (Å²) in [6.07, 6.45) is 6.61. The van der Waals surface area contributed by atoms with Crippen molar-refractivity contribution in [1.82, 2.24) is 4.98 Å². The number of nitrogens with zero attached hydrogens (tertiary/aromatic N) is 1. The van der Waals surface area contributed by atoms with Gasteiger partial charge in [0.1, 0.15) is 5.82 Å². The van der Waals surface area contributed by atoms with Crippen LogP contribution >= 0.6 is 11.8 Å². The molecule has 86 valence electrons. The molecular weight excluding hydrogens is 225 g/mol. The van der Waals surface area contributed by atoms with E-state index >= 15 is 0 Å². The van der Waals surface area contributed by atoms with Gasteiger partial charge in [-0.1, -0.05) is 0 Å². The second-order valence-electron chi connectivity index (χ2n) is 4.79. The zero-order chi connectivity index (χ0) is 11.2. The highest BCUT2D eigenvalue weighted by Crippen LogP contribution is 2.51. The van der Waals surface area contributed by atoms with Gasteiger partial charge in [-0.15, -0.1) is 0 Å². The monoisotopic (exact) mass is 239 g/mol. The molecule has 0 aliphatic carbocycles. The van der Waals surface area contributed by atoms with E-state index in [4.69, 9.17) is 0 Å². The molecule has 0 saturated carbocycles. The molecule has 2 aliphatic rings. The molecule has 1 aromatic heterocycles. The molecule has 4 heteroatoms. The average molecular weight is 239 g/mol. The number of fused-ring (bicyclic) bond motifs is 2. The van der Waals surface area contributed by atoms with E-state index in [2.05, 4.69) is 4.98 Å². The van der Waals surface area contributed by atoms with Crippen LogP contribution in [0.3, 0.4) is 0 Å². The molecule has 2 fully saturated rings. The van der Waals surface area contributed by atoms with E-state index in [1.165, 1.54) is 25.1 Å². The van der Waals surface area contributed by atoms with E-state index in [9.17, 15) is 9.50 Å². The summed E-state index contributed by atoms with van der Waals surface area (Å²) in [6, 6.07) is 1.42. The molecule has 0 radical (unpaired) electrons. The van der Waals surface area contributed by atoms with Crippen LogP contribution in [0.5, 0.6) is 0 Å². The number of thioether (sulfide) groups is 1. The zero-order valence-corrected chi connectivity index (χ0v) is 9.71. The van der Waals surface area contributed by atoms with Crippen molar-refractivity contribution in [2.45, 2.75) is 41.8 Å². The van der Waals surface area contributed by atoms with Gasteiger partial charge in [-0.25, -0.2) is 4.39 Å². The number of halogens is 1. The molecule has 16 heavy (non-hydrogen) atoms. The Morgan fingerprint density at radius 3 is 2.62 bits per heavy atom. The Labute approximate surface area is 98.3 Å². The summed E-state index contributed by atoms with van der Waals surface area (Å²) in [4.78, 5) is 3.83. The van der Waals surface area contributed by atoms with Crippen LogP contribution in [0.1, 0.15) is 31.2 Å². The first-order valence-corrected chi connectivity index (χ1v) is 6.59. The lowest BCUT2D eigenvalue weighted by Gasteiger charge is -2.36. The van der Waals surface area contributed by atoms with Gasteiger partial charge in [0.15, 0.2) is 0 Å². The van der Waals surface area contributed by atoms with Gasteiger partial charge in [0, 0.05) is 22.3 Å². The van der Waals surface area contributed by atoms with E-state index in [-0.39, 0.29) is 5.82 Å². The van der Waals surface area contributed by atoms with Gasteiger partial charge in [-0.3, -0.25) is 4.98 Å². The predicted octanol–water partition coefficient (Wildman–Crippen LogP) is 2.47. The first-order valence-electron chi connectivity index (χ1n) is 5.65. The molecule has 2 nitrogen and oxygen atoms in total. The normalized spacial score (nSPS) is 37.6. The minimum atomic E-state index is -0.855. The number of aromatic nitrogens is 1. The van der Waals surface area contributed by atoms with Crippen molar-refractivity contribution >= 4 is 11.8 Å². The highest BCUT2D eigenvalue weighted by atomic mass is 32.2. The highest BCUT2D eigenvalue weighted by Gasteiger charge is 2.44. The first kappa shape index (κ1) is 10.5. The van der Waals surface area contributed by atoms with Crippen LogP contribution in [-0.2, 0) is 5.60 Å². The lowest BCUT2D eigenvalue weighted by atomic mass is 9.87. The van der Waals surface area contributed by atoms with E-state index in [1.54, 1.807) is 6.20 Å². The van der Waals surface area contributed by atoms with Crippen molar-refractivity contribution in [2.75, 3.05) is 0 Å². The second-order valence-corrected chi connectivity index (χ2v) is 6.39. The molecule has 2 aliphatic heterocycles. The molecule has 2 saturated heterocycles. The summed E-state index contributed by atoms with van der Waals surface area (Å²) in [7, 11) is 0. The van der Waals surface area contributed by atoms with Gasteiger partial charge in [0.25, 0.3) is 0 Å². The topological polar surface area (TPSA) is 33.1 Å². The van der Waals surface area contributed by atoms with Crippen LogP contribution in [0, 0.1) is 5.82 Å². The third-order valence-corrected chi connectivity index (χ3v) is 5.14. The Morgan fingerprint density at radius 2 is 2.00 bits per heavy atom. The molecule has 2 bridgehead atoms. The fraction of sp³-hybridized carbons (Fsp3) is 0.583. The van der Waals surface area contributed by atoms with Crippen LogP contribution in [0.25, 0.3) is 0 Å². The molecule has 2 atom stereocenters. The van der Waals surface area contributed by atoms with Crippen LogP contribution in [0.2, 0.25) is 0 Å². The van der Waals surface area contributed by atoms with Gasteiger partial charge >= 0.3 is 0 Å². The maximum absolute atomic E-state index is 13.1. The van der Waals surface area contributed by atoms with Gasteiger partial charge in [-0.2, -0.15) is 11.8 Å². The summed E-state index contributed by atoms with van der Waals surface area (Å²) < 4.78 is 13.1. The molecule has 3 rings (SSSR count). The molecule has 0 amide bonds. The van der Waals surface area contributed by atoms with Crippen molar-refractivity contribution in [3.05, 3.63) is 29.8 Å². The van der Waals surface area contributed by atoms with E-state index < -0.39 is 5.60 Å². The summed E-state index contributed by atoms with van der Waals surface area (Å²) in [6.45, 7) is 0. The third-order valence-electron chi connectivity index (χ3n) is 3.57. The van der Waals surface area contributed by atoms with Crippen molar-refractivity contribution in [3.8, 4) is 0 Å². The van der Waals surface area contributed by atoms with E-state index in [0.717, 1.165) is 12.8 Å². The molecule has 1 aromatic rings. The average Bonchev–Trinajstić information content (AvgIpc) is 2.59. The third kappa shape index (κ3) is 1.74. The van der Waals surface area contributed by atoms with Crippen LogP contribution in [0.4, 0.5) is 4.39 Å². The van der Waals surface area contributed by atoms with Gasteiger partial charge < -0.3 is 5.11 Å². The minimum Gasteiger partial charge on any atom is -0.385 e. The number of hydrogen-bond acceptors (Lipinski definition) is 3. The number of hydrogen-bond donors (Lipinski definition) is 1. The van der Waals surface area contributed by atoms with Crippen LogP contribution < -0.4 is 0 Å². The summed E-state index contributed by atoms with van der Waals surface area (Å²) in [5, 5.41) is 11.7. The smallest absolute Gasteiger partial charge is 0.141 e. The van der Waals surface area contributed by atoms with Gasteiger partial charge in [0.05, 0.1) is 11.8 Å². The Balaban J connectivity index is 1.93. The quantitative estimate of drug-likeness (QED) is 0.817. The molecule has 2 unspecified atom stereocenters. The number of rotatable bonds is 1. The fourth-order valence-electron chi connectivity index (χ4n) is 2.82. The van der Waals surface area contributed by atoms with Crippen molar-refractivity contribution in [3.63, 3.8) is 0 Å². The van der Waals surface area contributed by atoms with Crippen LogP contribution in [0.15, 0.2) is 18.5 Å². The first-order chi connectivity index (χ1) is 7.66. The Hall–Kier alpha value is -0.610. The standard InChI is InChI=1S/C12H14FNOS/c13-9-3-8(6-14-7-9)12(15)4-10-1-2-11(5-12)16-10/h3,6-7,10-11,15H,1-2,4-5H2. The summed E-state index contributed by atoms with van der Waals surface area (Å²) in [5.41, 5.74) is -0.212. The lowest BCUT2D eigenvalue weighted by Crippen LogP contribution is -2.34. The summed E-state index contributed by atoms with van der Waals surface area (Å²) in [5.74, 6) is -0.364. The predicted molar refractivity (Wildman–Crippen MR) is 61.7 cm³/mol. The molecule has 3 heterocycles. The fourth-order valence-corrected chi connectivity index (χ4v) is 4.65. The van der Waals surface area contributed by atoms with Gasteiger partial charge in [0.2, 0.25) is 0 Å². The van der Waals surface area contributed by atoms with Crippen molar-refractivity contribution in [2.24, 2.45) is 0 Å². The Morgan fingerprint density at radius 1 is 1.31 bits per heavy atom. The maximum Gasteiger partial charge on any atom is 0.141 e. The Kier molecular flexibility index (Phi) is 2.44. The molecule has 1 N–H and O–H groups in total. The largest absolute Gasteiger partial charge is 0.385 e. The van der Waals surface area contributed by atoms with E-state index in [1.807, 2.05) is 11.8 Å². The van der Waals surface area contributed by atoms with Gasteiger partial charge in [-0.05, 0) is 31.7 Å². The molecular formula is C12H14FNOS.